The van der Waals surface area contributed by atoms with E-state index in [0.717, 1.165) is 56.4 Å². The minimum atomic E-state index is -0.266. The number of nitrogens with zero attached hydrogens (tertiary/aromatic N) is 4. The van der Waals surface area contributed by atoms with Gasteiger partial charge in [-0.05, 0) is 90.2 Å². The number of hydrogen-bond acceptors (Lipinski definition) is 6. The van der Waals surface area contributed by atoms with Crippen molar-refractivity contribution in [3.63, 3.8) is 0 Å². The summed E-state index contributed by atoms with van der Waals surface area (Å²) in [5.41, 5.74) is 2.84. The van der Waals surface area contributed by atoms with Crippen molar-refractivity contribution in [1.29, 1.82) is 5.26 Å². The van der Waals surface area contributed by atoms with Crippen LogP contribution in [0.4, 0.5) is 0 Å². The SMILES string of the molecule is COC1(C)CCN(/C(=C(\C#N)C(C)=O)c2cc(C(=O)N(C)CC3CCN(C)CC3)ccc2C)CC1. The molecule has 2 saturated heterocycles. The number of benzene rings is 1. The van der Waals surface area contributed by atoms with Gasteiger partial charge in [-0.2, -0.15) is 5.26 Å². The number of amides is 1. The van der Waals surface area contributed by atoms with Gasteiger partial charge in [-0.25, -0.2) is 0 Å². The van der Waals surface area contributed by atoms with E-state index in [-0.39, 0.29) is 22.9 Å². The quantitative estimate of drug-likeness (QED) is 0.437. The number of ether oxygens (including phenoxy) is 1. The fraction of sp³-hybridized carbons (Fsp3) is 0.607. The molecule has 0 aliphatic carbocycles. The number of ketones is 1. The summed E-state index contributed by atoms with van der Waals surface area (Å²) >= 11 is 0. The van der Waals surface area contributed by atoms with Crippen LogP contribution in [-0.4, -0.2) is 85.9 Å². The highest BCUT2D eigenvalue weighted by atomic mass is 16.5. The Morgan fingerprint density at radius 3 is 2.37 bits per heavy atom. The van der Waals surface area contributed by atoms with E-state index >= 15 is 0 Å². The maximum absolute atomic E-state index is 13.4. The zero-order chi connectivity index (χ0) is 25.8. The van der Waals surface area contributed by atoms with Crippen molar-refractivity contribution in [2.24, 2.45) is 5.92 Å². The molecule has 2 fully saturated rings. The number of nitriles is 1. The Morgan fingerprint density at radius 2 is 1.83 bits per heavy atom. The predicted molar refractivity (Wildman–Crippen MR) is 138 cm³/mol. The third-order valence-electron chi connectivity index (χ3n) is 7.79. The number of rotatable bonds is 7. The van der Waals surface area contributed by atoms with Gasteiger partial charge in [-0.3, -0.25) is 9.59 Å². The number of aryl methyl sites for hydroxylation is 1. The number of methoxy groups -OCH3 is 1. The number of piperidine rings is 2. The van der Waals surface area contributed by atoms with Crippen LogP contribution in [0.2, 0.25) is 0 Å². The molecule has 7 nitrogen and oxygen atoms in total. The molecular weight excluding hydrogens is 440 g/mol. The van der Waals surface area contributed by atoms with Crippen molar-refractivity contribution < 1.29 is 14.3 Å². The van der Waals surface area contributed by atoms with Gasteiger partial charge in [0.25, 0.3) is 5.91 Å². The van der Waals surface area contributed by atoms with Gasteiger partial charge in [0.05, 0.1) is 11.3 Å². The largest absolute Gasteiger partial charge is 0.378 e. The molecular formula is C28H40N4O3. The van der Waals surface area contributed by atoms with Gasteiger partial charge in [-0.1, -0.05) is 6.07 Å². The van der Waals surface area contributed by atoms with E-state index in [1.807, 2.05) is 37.1 Å². The zero-order valence-corrected chi connectivity index (χ0v) is 22.2. The molecule has 0 aromatic heterocycles. The van der Waals surface area contributed by atoms with Crippen molar-refractivity contribution in [3.8, 4) is 6.07 Å². The van der Waals surface area contributed by atoms with Crippen LogP contribution in [0.25, 0.3) is 5.70 Å². The van der Waals surface area contributed by atoms with Gasteiger partial charge in [0.2, 0.25) is 0 Å². The van der Waals surface area contributed by atoms with E-state index in [9.17, 15) is 14.9 Å². The molecule has 0 radical (unpaired) electrons. The summed E-state index contributed by atoms with van der Waals surface area (Å²) in [4.78, 5) is 32.1. The van der Waals surface area contributed by atoms with Gasteiger partial charge in [0.1, 0.15) is 11.6 Å². The van der Waals surface area contributed by atoms with Crippen molar-refractivity contribution >= 4 is 17.4 Å². The lowest BCUT2D eigenvalue weighted by Crippen LogP contribution is -2.43. The molecule has 35 heavy (non-hydrogen) atoms. The van der Waals surface area contributed by atoms with Crippen LogP contribution in [0, 0.1) is 24.2 Å². The molecule has 0 saturated carbocycles. The summed E-state index contributed by atoms with van der Waals surface area (Å²) in [6.45, 7) is 9.69. The average Bonchev–Trinajstić information content (AvgIpc) is 2.84. The topological polar surface area (TPSA) is 76.9 Å². The van der Waals surface area contributed by atoms with E-state index in [1.165, 1.54) is 6.92 Å². The Morgan fingerprint density at radius 1 is 1.20 bits per heavy atom. The highest BCUT2D eigenvalue weighted by Crippen LogP contribution is 2.34. The van der Waals surface area contributed by atoms with E-state index in [1.54, 1.807) is 7.11 Å². The van der Waals surface area contributed by atoms with Gasteiger partial charge in [-0.15, -0.1) is 0 Å². The minimum Gasteiger partial charge on any atom is -0.378 e. The lowest BCUT2D eigenvalue weighted by Gasteiger charge is -2.41. The van der Waals surface area contributed by atoms with Crippen LogP contribution in [0.15, 0.2) is 23.8 Å². The lowest BCUT2D eigenvalue weighted by molar-refractivity contribution is -0.113. The second kappa shape index (κ2) is 11.4. The molecule has 0 N–H and O–H groups in total. The maximum Gasteiger partial charge on any atom is 0.253 e. The van der Waals surface area contributed by atoms with Crippen LogP contribution in [0.5, 0.6) is 0 Å². The standard InChI is InChI=1S/C28H40N4O3/c1-20-7-8-23(27(34)31(5)19-22-9-13-30(4)14-10-22)17-24(20)26(25(18-29)21(2)33)32-15-11-28(3,35-6)12-16-32/h7-8,17,22H,9-16,19H2,1-6H3/b26-25+. The van der Waals surface area contributed by atoms with E-state index in [2.05, 4.69) is 29.8 Å². The molecule has 2 heterocycles. The molecule has 0 atom stereocenters. The zero-order valence-electron chi connectivity index (χ0n) is 22.2. The summed E-state index contributed by atoms with van der Waals surface area (Å²) in [5, 5.41) is 9.91. The highest BCUT2D eigenvalue weighted by molar-refractivity contribution is 6.05. The predicted octanol–water partition coefficient (Wildman–Crippen LogP) is 3.73. The van der Waals surface area contributed by atoms with Gasteiger partial charge < -0.3 is 19.4 Å². The van der Waals surface area contributed by atoms with E-state index < -0.39 is 0 Å². The van der Waals surface area contributed by atoms with Crippen LogP contribution in [-0.2, 0) is 9.53 Å². The fourth-order valence-electron chi connectivity index (χ4n) is 5.11. The Hall–Kier alpha value is -2.69. The monoisotopic (exact) mass is 480 g/mol. The summed E-state index contributed by atoms with van der Waals surface area (Å²) in [6, 6.07) is 7.78. The molecule has 2 aliphatic rings. The molecule has 0 spiro atoms. The van der Waals surface area contributed by atoms with Crippen LogP contribution >= 0.6 is 0 Å². The third kappa shape index (κ3) is 6.31. The van der Waals surface area contributed by atoms with Gasteiger partial charge >= 0.3 is 0 Å². The van der Waals surface area contributed by atoms with E-state index in [4.69, 9.17) is 4.74 Å². The molecule has 3 rings (SSSR count). The number of Topliss-reactive ketones (excluding diaryl/α,β-unsaturated/α-hetero) is 1. The summed E-state index contributed by atoms with van der Waals surface area (Å²) < 4.78 is 5.69. The first kappa shape index (κ1) is 26.9. The van der Waals surface area contributed by atoms with Crippen LogP contribution in [0.3, 0.4) is 0 Å². The average molecular weight is 481 g/mol. The molecule has 0 unspecified atom stereocenters. The number of carbonyl (C=O) groups is 2. The molecule has 2 aliphatic heterocycles. The molecule has 190 valence electrons. The van der Waals surface area contributed by atoms with Gasteiger partial charge in [0.15, 0.2) is 5.78 Å². The summed E-state index contributed by atoms with van der Waals surface area (Å²) in [6.07, 6.45) is 3.78. The first-order valence-electron chi connectivity index (χ1n) is 12.6. The number of likely N-dealkylation sites (tertiary alicyclic amines) is 2. The van der Waals surface area contributed by atoms with Crippen LogP contribution < -0.4 is 0 Å². The maximum atomic E-state index is 13.4. The summed E-state index contributed by atoms with van der Waals surface area (Å²) in [5.74, 6) is 0.210. The molecule has 0 bridgehead atoms. The smallest absolute Gasteiger partial charge is 0.253 e. The lowest BCUT2D eigenvalue weighted by atomic mass is 9.90. The second-order valence-corrected chi connectivity index (χ2v) is 10.5. The van der Waals surface area contributed by atoms with Crippen molar-refractivity contribution in [2.45, 2.75) is 52.1 Å². The third-order valence-corrected chi connectivity index (χ3v) is 7.79. The molecule has 7 heteroatoms. The molecule has 1 aromatic carbocycles. The Kier molecular flexibility index (Phi) is 8.74. The molecule has 1 amide bonds. The van der Waals surface area contributed by atoms with Crippen molar-refractivity contribution in [1.82, 2.24) is 14.7 Å². The van der Waals surface area contributed by atoms with Crippen LogP contribution in [0.1, 0.15) is 61.0 Å². The summed E-state index contributed by atoms with van der Waals surface area (Å²) in [7, 11) is 5.73. The minimum absolute atomic E-state index is 0.0311. The van der Waals surface area contributed by atoms with Crippen molar-refractivity contribution in [3.05, 3.63) is 40.5 Å². The number of allylic oxidation sites excluding steroid dienone is 1. The number of hydrogen-bond donors (Lipinski definition) is 0. The Bertz CT molecular complexity index is 1010. The molecule has 1 aromatic rings. The van der Waals surface area contributed by atoms with E-state index in [0.29, 0.717) is 30.3 Å². The second-order valence-electron chi connectivity index (χ2n) is 10.5. The fourth-order valence-corrected chi connectivity index (χ4v) is 5.11. The van der Waals surface area contributed by atoms with Gasteiger partial charge in [0, 0.05) is 44.9 Å². The first-order chi connectivity index (χ1) is 16.6. The normalized spacial score (nSPS) is 19.6. The van der Waals surface area contributed by atoms with Crippen molar-refractivity contribution in [2.75, 3.05) is 53.9 Å². The Balaban J connectivity index is 1.91. The number of carbonyl (C=O) groups excluding carboxylic acids is 2. The highest BCUT2D eigenvalue weighted by Gasteiger charge is 2.33. The first-order valence-corrected chi connectivity index (χ1v) is 12.6. The Labute approximate surface area is 210 Å².